The lowest BCUT2D eigenvalue weighted by Crippen LogP contribution is -2.54. The van der Waals surface area contributed by atoms with E-state index >= 15 is 0 Å². The van der Waals surface area contributed by atoms with Crippen LogP contribution in [0.4, 0.5) is 5.69 Å². The van der Waals surface area contributed by atoms with Gasteiger partial charge >= 0.3 is 0 Å². The van der Waals surface area contributed by atoms with Gasteiger partial charge in [0.25, 0.3) is 0 Å². The fourth-order valence-electron chi connectivity index (χ4n) is 3.65. The fourth-order valence-corrected chi connectivity index (χ4v) is 3.65. The van der Waals surface area contributed by atoms with Crippen LogP contribution < -0.4 is 10.6 Å². The lowest BCUT2D eigenvalue weighted by molar-refractivity contribution is -0.125. The Balaban J connectivity index is 1.87. The van der Waals surface area contributed by atoms with Crippen molar-refractivity contribution in [3.8, 4) is 0 Å². The van der Waals surface area contributed by atoms with Crippen molar-refractivity contribution < 1.29 is 9.59 Å². The Hall–Kier alpha value is -1.92. The molecule has 0 aromatic heterocycles. The summed E-state index contributed by atoms with van der Waals surface area (Å²) in [5.74, 6) is 0.0885. The van der Waals surface area contributed by atoms with Crippen molar-refractivity contribution in [2.75, 3.05) is 38.0 Å². The second-order valence-electron chi connectivity index (χ2n) is 7.97. The van der Waals surface area contributed by atoms with Gasteiger partial charge in [-0.3, -0.25) is 19.4 Å². The number of hydrogen-bond acceptors (Lipinski definition) is 4. The van der Waals surface area contributed by atoms with E-state index in [9.17, 15) is 9.59 Å². The molecule has 0 radical (unpaired) electrons. The van der Waals surface area contributed by atoms with Gasteiger partial charge in [0.2, 0.25) is 11.8 Å². The van der Waals surface area contributed by atoms with Crippen molar-refractivity contribution in [1.29, 1.82) is 0 Å². The number of piperazine rings is 1. The third-order valence-corrected chi connectivity index (χ3v) is 5.08. The van der Waals surface area contributed by atoms with Gasteiger partial charge in [-0.15, -0.1) is 0 Å². The first-order chi connectivity index (χ1) is 12.7. The largest absolute Gasteiger partial charge is 0.353 e. The summed E-state index contributed by atoms with van der Waals surface area (Å²) in [5, 5.41) is 6.04. The van der Waals surface area contributed by atoms with Crippen LogP contribution in [0.3, 0.4) is 0 Å². The van der Waals surface area contributed by atoms with Crippen molar-refractivity contribution in [2.45, 2.75) is 53.6 Å². The van der Waals surface area contributed by atoms with Crippen LogP contribution in [0.15, 0.2) is 12.1 Å². The predicted molar refractivity (Wildman–Crippen MR) is 110 cm³/mol. The van der Waals surface area contributed by atoms with Crippen LogP contribution in [0.25, 0.3) is 0 Å². The molecule has 0 saturated carbocycles. The minimum atomic E-state index is -0.197. The maximum atomic E-state index is 12.8. The molecule has 0 bridgehead atoms. The molecular weight excluding hydrogens is 340 g/mol. The van der Waals surface area contributed by atoms with Gasteiger partial charge < -0.3 is 10.6 Å². The summed E-state index contributed by atoms with van der Waals surface area (Å²) in [5.41, 5.74) is 4.30. The van der Waals surface area contributed by atoms with Crippen LogP contribution in [0.5, 0.6) is 0 Å². The number of nitrogens with zero attached hydrogens (tertiary/aromatic N) is 2. The van der Waals surface area contributed by atoms with E-state index in [1.807, 2.05) is 34.6 Å². The van der Waals surface area contributed by atoms with Crippen molar-refractivity contribution in [3.05, 3.63) is 28.8 Å². The highest BCUT2D eigenvalue weighted by atomic mass is 16.2. The Labute approximate surface area is 163 Å². The number of benzene rings is 1. The quantitative estimate of drug-likeness (QED) is 0.800. The molecule has 27 heavy (non-hydrogen) atoms. The Kier molecular flexibility index (Phi) is 7.39. The Morgan fingerprint density at radius 1 is 1.00 bits per heavy atom. The molecule has 0 spiro atoms. The van der Waals surface area contributed by atoms with E-state index in [0.29, 0.717) is 6.54 Å². The average molecular weight is 375 g/mol. The topological polar surface area (TPSA) is 64.7 Å². The van der Waals surface area contributed by atoms with Crippen LogP contribution in [0.1, 0.15) is 37.5 Å². The molecule has 1 heterocycles. The highest BCUT2D eigenvalue weighted by Gasteiger charge is 2.26. The number of nitrogens with one attached hydrogen (secondary N) is 2. The molecular formula is C21H34N4O2. The first-order valence-electron chi connectivity index (χ1n) is 9.82. The number of hydrogen-bond donors (Lipinski definition) is 2. The Morgan fingerprint density at radius 3 is 2.07 bits per heavy atom. The Bertz CT molecular complexity index is 656. The van der Waals surface area contributed by atoms with Gasteiger partial charge in [0.05, 0.1) is 12.6 Å². The van der Waals surface area contributed by atoms with E-state index in [2.05, 4.69) is 39.5 Å². The number of rotatable bonds is 6. The van der Waals surface area contributed by atoms with Crippen LogP contribution in [0, 0.1) is 20.8 Å². The second-order valence-corrected chi connectivity index (χ2v) is 7.97. The highest BCUT2D eigenvalue weighted by Crippen LogP contribution is 2.22. The van der Waals surface area contributed by atoms with Crippen molar-refractivity contribution >= 4 is 17.5 Å². The van der Waals surface area contributed by atoms with Gasteiger partial charge in [0, 0.05) is 37.9 Å². The van der Waals surface area contributed by atoms with Crippen molar-refractivity contribution in [3.63, 3.8) is 0 Å². The van der Waals surface area contributed by atoms with Crippen LogP contribution in [0.2, 0.25) is 0 Å². The normalized spacial score (nSPS) is 17.0. The van der Waals surface area contributed by atoms with E-state index in [0.717, 1.165) is 43.0 Å². The number of carbonyl (C=O) groups excluding carboxylic acids is 2. The van der Waals surface area contributed by atoms with Gasteiger partial charge in [0.1, 0.15) is 0 Å². The highest BCUT2D eigenvalue weighted by molar-refractivity contribution is 5.96. The van der Waals surface area contributed by atoms with Gasteiger partial charge in [-0.2, -0.15) is 0 Å². The standard InChI is InChI=1S/C21H34N4O2/c1-14(2)22-19(26)13-24-7-9-25(10-8-24)18(6)21(27)23-20-16(4)11-15(3)12-17(20)5/h11-12,14,18H,7-10,13H2,1-6H3,(H,22,26)(H,23,27)/t18-/m1/s1. The summed E-state index contributed by atoms with van der Waals surface area (Å²) in [6, 6.07) is 4.15. The van der Waals surface area contributed by atoms with Gasteiger partial charge in [-0.25, -0.2) is 0 Å². The molecule has 1 saturated heterocycles. The summed E-state index contributed by atoms with van der Waals surface area (Å²) >= 11 is 0. The smallest absolute Gasteiger partial charge is 0.241 e. The molecule has 150 valence electrons. The summed E-state index contributed by atoms with van der Waals surface area (Å²) in [6.45, 7) is 15.6. The zero-order valence-electron chi connectivity index (χ0n) is 17.6. The van der Waals surface area contributed by atoms with Crippen LogP contribution in [-0.2, 0) is 9.59 Å². The summed E-state index contributed by atoms with van der Waals surface area (Å²) in [7, 11) is 0. The summed E-state index contributed by atoms with van der Waals surface area (Å²) in [6.07, 6.45) is 0. The zero-order valence-corrected chi connectivity index (χ0v) is 17.6. The third-order valence-electron chi connectivity index (χ3n) is 5.08. The molecule has 0 aliphatic carbocycles. The summed E-state index contributed by atoms with van der Waals surface area (Å²) < 4.78 is 0. The monoisotopic (exact) mass is 374 g/mol. The fraction of sp³-hybridized carbons (Fsp3) is 0.619. The molecule has 1 fully saturated rings. The second kappa shape index (κ2) is 9.33. The number of amides is 2. The molecule has 6 nitrogen and oxygen atoms in total. The van der Waals surface area contributed by atoms with Crippen LogP contribution in [-0.4, -0.2) is 66.4 Å². The Morgan fingerprint density at radius 2 is 1.56 bits per heavy atom. The minimum absolute atomic E-state index is 0.0241. The van der Waals surface area contributed by atoms with E-state index in [4.69, 9.17) is 0 Å². The lowest BCUT2D eigenvalue weighted by Gasteiger charge is -2.37. The number of carbonyl (C=O) groups is 2. The van der Waals surface area contributed by atoms with E-state index in [1.165, 1.54) is 5.56 Å². The first-order valence-corrected chi connectivity index (χ1v) is 9.82. The van der Waals surface area contributed by atoms with Crippen LogP contribution >= 0.6 is 0 Å². The molecule has 1 aromatic carbocycles. The summed E-state index contributed by atoms with van der Waals surface area (Å²) in [4.78, 5) is 29.0. The van der Waals surface area contributed by atoms with E-state index in [-0.39, 0.29) is 23.9 Å². The molecule has 0 unspecified atom stereocenters. The molecule has 1 aromatic rings. The molecule has 2 rings (SSSR count). The predicted octanol–water partition coefficient (Wildman–Crippen LogP) is 2.08. The average Bonchev–Trinajstić information content (AvgIpc) is 2.57. The first kappa shape index (κ1) is 21.4. The van der Waals surface area contributed by atoms with Gasteiger partial charge in [0.15, 0.2) is 0 Å². The van der Waals surface area contributed by atoms with E-state index < -0.39 is 0 Å². The van der Waals surface area contributed by atoms with Crippen molar-refractivity contribution in [2.24, 2.45) is 0 Å². The molecule has 2 N–H and O–H groups in total. The maximum Gasteiger partial charge on any atom is 0.241 e. The zero-order chi connectivity index (χ0) is 20.1. The molecule has 6 heteroatoms. The van der Waals surface area contributed by atoms with Gasteiger partial charge in [-0.05, 0) is 52.7 Å². The molecule has 1 atom stereocenters. The molecule has 1 aliphatic heterocycles. The SMILES string of the molecule is Cc1cc(C)c(NC(=O)[C@@H](C)N2CCN(CC(=O)NC(C)C)CC2)c(C)c1. The molecule has 1 aliphatic rings. The number of aryl methyl sites for hydroxylation is 3. The minimum Gasteiger partial charge on any atom is -0.353 e. The third kappa shape index (κ3) is 6.04. The number of anilines is 1. The van der Waals surface area contributed by atoms with Crippen molar-refractivity contribution in [1.82, 2.24) is 15.1 Å². The molecule has 2 amide bonds. The van der Waals surface area contributed by atoms with Gasteiger partial charge in [-0.1, -0.05) is 17.7 Å². The van der Waals surface area contributed by atoms with E-state index in [1.54, 1.807) is 0 Å². The maximum absolute atomic E-state index is 12.8. The lowest BCUT2D eigenvalue weighted by atomic mass is 10.0.